The highest BCUT2D eigenvalue weighted by molar-refractivity contribution is 7.11. The summed E-state index contributed by atoms with van der Waals surface area (Å²) in [6.07, 6.45) is 3.94. The Morgan fingerprint density at radius 1 is 1.47 bits per heavy atom. The minimum atomic E-state index is 0.158. The zero-order valence-electron chi connectivity index (χ0n) is 10.7. The van der Waals surface area contributed by atoms with Crippen LogP contribution >= 0.6 is 11.3 Å². The molecule has 2 rings (SSSR count). The molecule has 2 heterocycles. The summed E-state index contributed by atoms with van der Waals surface area (Å²) in [4.78, 5) is 5.92. The Morgan fingerprint density at radius 3 is 2.71 bits per heavy atom. The van der Waals surface area contributed by atoms with Crippen LogP contribution in [0.5, 0.6) is 0 Å². The van der Waals surface area contributed by atoms with E-state index in [2.05, 4.69) is 36.2 Å². The number of rotatable bonds is 4. The van der Waals surface area contributed by atoms with Crippen molar-refractivity contribution in [1.29, 1.82) is 0 Å². The SMILES string of the molecule is CCNC(c1cnn(C)c1)c1nc(C)c(C)s1. The highest BCUT2D eigenvalue weighted by Gasteiger charge is 2.18. The lowest BCUT2D eigenvalue weighted by Crippen LogP contribution is -2.21. The second-order valence-corrected chi connectivity index (χ2v) is 5.37. The molecule has 1 unspecified atom stereocenters. The Bertz CT molecular complexity index is 481. The molecular formula is C12H18N4S. The third-order valence-corrected chi connectivity index (χ3v) is 3.90. The zero-order chi connectivity index (χ0) is 12.4. The maximum absolute atomic E-state index is 4.63. The van der Waals surface area contributed by atoms with E-state index in [1.165, 1.54) is 10.4 Å². The molecule has 2 aromatic rings. The fourth-order valence-electron chi connectivity index (χ4n) is 1.76. The Balaban J connectivity index is 2.34. The van der Waals surface area contributed by atoms with Gasteiger partial charge in [-0.3, -0.25) is 4.68 Å². The van der Waals surface area contributed by atoms with E-state index in [1.807, 2.05) is 24.1 Å². The first-order valence-electron chi connectivity index (χ1n) is 5.77. The van der Waals surface area contributed by atoms with Crippen LogP contribution in [0.4, 0.5) is 0 Å². The molecular weight excluding hydrogens is 232 g/mol. The van der Waals surface area contributed by atoms with Gasteiger partial charge in [0.05, 0.1) is 17.9 Å². The molecule has 1 atom stereocenters. The maximum Gasteiger partial charge on any atom is 0.115 e. The molecule has 2 aromatic heterocycles. The topological polar surface area (TPSA) is 42.7 Å². The minimum Gasteiger partial charge on any atom is -0.304 e. The number of thiazole rings is 1. The second kappa shape index (κ2) is 4.98. The smallest absolute Gasteiger partial charge is 0.115 e. The monoisotopic (exact) mass is 250 g/mol. The molecule has 0 aliphatic rings. The predicted molar refractivity (Wildman–Crippen MR) is 70.3 cm³/mol. The summed E-state index contributed by atoms with van der Waals surface area (Å²) in [6.45, 7) is 7.19. The molecule has 0 radical (unpaired) electrons. The van der Waals surface area contributed by atoms with Gasteiger partial charge in [0.2, 0.25) is 0 Å². The van der Waals surface area contributed by atoms with Crippen LogP contribution in [-0.4, -0.2) is 21.3 Å². The van der Waals surface area contributed by atoms with Gasteiger partial charge in [-0.15, -0.1) is 11.3 Å². The van der Waals surface area contributed by atoms with Gasteiger partial charge in [-0.25, -0.2) is 4.98 Å². The quantitative estimate of drug-likeness (QED) is 0.904. The third-order valence-electron chi connectivity index (χ3n) is 2.76. The largest absolute Gasteiger partial charge is 0.304 e. The molecule has 0 aliphatic heterocycles. The number of aromatic nitrogens is 3. The Labute approximate surface area is 106 Å². The van der Waals surface area contributed by atoms with Gasteiger partial charge in [-0.2, -0.15) is 5.10 Å². The van der Waals surface area contributed by atoms with Crippen molar-refractivity contribution in [3.63, 3.8) is 0 Å². The summed E-state index contributed by atoms with van der Waals surface area (Å²) >= 11 is 1.76. The molecule has 0 saturated heterocycles. The van der Waals surface area contributed by atoms with E-state index in [4.69, 9.17) is 0 Å². The van der Waals surface area contributed by atoms with Crippen molar-refractivity contribution in [2.45, 2.75) is 26.8 Å². The molecule has 0 aliphatic carbocycles. The van der Waals surface area contributed by atoms with Crippen LogP contribution in [0.15, 0.2) is 12.4 Å². The Hall–Kier alpha value is -1.20. The van der Waals surface area contributed by atoms with Crippen LogP contribution in [0.25, 0.3) is 0 Å². The molecule has 1 N–H and O–H groups in total. The van der Waals surface area contributed by atoms with E-state index in [-0.39, 0.29) is 6.04 Å². The molecule has 0 saturated carbocycles. The lowest BCUT2D eigenvalue weighted by molar-refractivity contribution is 0.625. The standard InChI is InChI=1S/C12H18N4S/c1-5-13-11(10-6-14-16(4)7-10)12-15-8(2)9(3)17-12/h6-7,11,13H,5H2,1-4H3. The van der Waals surface area contributed by atoms with Crippen molar-refractivity contribution in [3.05, 3.63) is 33.5 Å². The molecule has 4 nitrogen and oxygen atoms in total. The maximum atomic E-state index is 4.63. The fourth-order valence-corrected chi connectivity index (χ4v) is 2.79. The molecule has 17 heavy (non-hydrogen) atoms. The third kappa shape index (κ3) is 2.56. The van der Waals surface area contributed by atoms with Crippen molar-refractivity contribution < 1.29 is 0 Å². The lowest BCUT2D eigenvalue weighted by Gasteiger charge is -2.13. The second-order valence-electron chi connectivity index (χ2n) is 4.13. The first-order valence-corrected chi connectivity index (χ1v) is 6.59. The van der Waals surface area contributed by atoms with Crippen LogP contribution in [-0.2, 0) is 7.05 Å². The van der Waals surface area contributed by atoms with Crippen LogP contribution in [0.3, 0.4) is 0 Å². The molecule has 0 fully saturated rings. The van der Waals surface area contributed by atoms with E-state index >= 15 is 0 Å². The van der Waals surface area contributed by atoms with Gasteiger partial charge in [0.1, 0.15) is 5.01 Å². The minimum absolute atomic E-state index is 0.158. The van der Waals surface area contributed by atoms with E-state index in [0.717, 1.165) is 17.2 Å². The lowest BCUT2D eigenvalue weighted by atomic mass is 10.1. The first-order chi connectivity index (χ1) is 8.11. The molecule has 0 aromatic carbocycles. The number of nitrogens with zero attached hydrogens (tertiary/aromatic N) is 3. The summed E-state index contributed by atoms with van der Waals surface area (Å²) in [5.41, 5.74) is 2.29. The number of nitrogens with one attached hydrogen (secondary N) is 1. The van der Waals surface area contributed by atoms with Crippen LogP contribution in [0.2, 0.25) is 0 Å². The van der Waals surface area contributed by atoms with Crippen LogP contribution in [0, 0.1) is 13.8 Å². The highest BCUT2D eigenvalue weighted by Crippen LogP contribution is 2.27. The van der Waals surface area contributed by atoms with Gasteiger partial charge in [0, 0.05) is 23.7 Å². The number of hydrogen-bond donors (Lipinski definition) is 1. The average Bonchev–Trinajstić information content (AvgIpc) is 2.83. The Morgan fingerprint density at radius 2 is 2.24 bits per heavy atom. The average molecular weight is 250 g/mol. The van der Waals surface area contributed by atoms with Crippen molar-refractivity contribution in [2.24, 2.45) is 7.05 Å². The van der Waals surface area contributed by atoms with E-state index in [9.17, 15) is 0 Å². The Kier molecular flexibility index (Phi) is 3.59. The van der Waals surface area contributed by atoms with Crippen molar-refractivity contribution in [3.8, 4) is 0 Å². The number of hydrogen-bond acceptors (Lipinski definition) is 4. The number of aryl methyl sites for hydroxylation is 3. The summed E-state index contributed by atoms with van der Waals surface area (Å²) in [5, 5.41) is 8.81. The van der Waals surface area contributed by atoms with Gasteiger partial charge in [-0.05, 0) is 20.4 Å². The van der Waals surface area contributed by atoms with Gasteiger partial charge in [0.15, 0.2) is 0 Å². The van der Waals surface area contributed by atoms with Gasteiger partial charge in [0.25, 0.3) is 0 Å². The van der Waals surface area contributed by atoms with E-state index < -0.39 is 0 Å². The van der Waals surface area contributed by atoms with E-state index in [0.29, 0.717) is 0 Å². The molecule has 0 bridgehead atoms. The molecule has 5 heteroatoms. The molecule has 0 spiro atoms. The van der Waals surface area contributed by atoms with Crippen molar-refractivity contribution in [1.82, 2.24) is 20.1 Å². The highest BCUT2D eigenvalue weighted by atomic mass is 32.1. The van der Waals surface area contributed by atoms with Gasteiger partial charge < -0.3 is 5.32 Å². The normalized spacial score (nSPS) is 12.9. The summed E-state index contributed by atoms with van der Waals surface area (Å²) < 4.78 is 1.83. The van der Waals surface area contributed by atoms with Gasteiger partial charge in [-0.1, -0.05) is 6.92 Å². The van der Waals surface area contributed by atoms with Gasteiger partial charge >= 0.3 is 0 Å². The van der Waals surface area contributed by atoms with Crippen molar-refractivity contribution >= 4 is 11.3 Å². The van der Waals surface area contributed by atoms with E-state index in [1.54, 1.807) is 11.3 Å². The first kappa shape index (κ1) is 12.3. The van der Waals surface area contributed by atoms with Crippen LogP contribution < -0.4 is 5.32 Å². The summed E-state index contributed by atoms with van der Waals surface area (Å²) in [7, 11) is 1.94. The summed E-state index contributed by atoms with van der Waals surface area (Å²) in [5.74, 6) is 0. The van der Waals surface area contributed by atoms with Crippen LogP contribution in [0.1, 0.15) is 34.1 Å². The fraction of sp³-hybridized carbons (Fsp3) is 0.500. The predicted octanol–water partition coefficient (Wildman–Crippen LogP) is 2.19. The summed E-state index contributed by atoms with van der Waals surface area (Å²) in [6, 6.07) is 0.158. The molecule has 92 valence electrons. The molecule has 0 amide bonds. The zero-order valence-corrected chi connectivity index (χ0v) is 11.5. The van der Waals surface area contributed by atoms with Crippen molar-refractivity contribution in [2.75, 3.05) is 6.54 Å².